The Morgan fingerprint density at radius 1 is 1.08 bits per heavy atom. The van der Waals surface area contributed by atoms with Gasteiger partial charge in [0.15, 0.2) is 5.75 Å². The van der Waals surface area contributed by atoms with Gasteiger partial charge in [0.05, 0.1) is 5.56 Å². The van der Waals surface area contributed by atoms with E-state index in [4.69, 9.17) is 5.26 Å². The smallest absolute Gasteiger partial charge is 0.340 e. The van der Waals surface area contributed by atoms with Crippen LogP contribution in [0.25, 0.3) is 0 Å². The molecule has 1 rings (SSSR count). The van der Waals surface area contributed by atoms with Gasteiger partial charge in [-0.1, -0.05) is 0 Å². The minimum absolute atomic E-state index is 0.0250. The standard InChI is InChI=1S/C7H5F3O2/c8-7(9,10)5-1-3-6(12-11)4-2-5/h1-4,11H. The molecule has 0 aromatic heterocycles. The molecule has 0 aliphatic rings. The number of benzene rings is 1. The van der Waals surface area contributed by atoms with Crippen LogP contribution in [0.2, 0.25) is 0 Å². The maximum absolute atomic E-state index is 11.9. The van der Waals surface area contributed by atoms with Gasteiger partial charge in [-0.05, 0) is 24.3 Å². The van der Waals surface area contributed by atoms with Crippen LogP contribution in [0.15, 0.2) is 24.3 Å². The molecule has 12 heavy (non-hydrogen) atoms. The van der Waals surface area contributed by atoms with Gasteiger partial charge in [-0.15, -0.1) is 0 Å². The Kier molecular flexibility index (Phi) is 2.23. The van der Waals surface area contributed by atoms with E-state index in [-0.39, 0.29) is 5.75 Å². The second-order valence-corrected chi connectivity index (χ2v) is 2.11. The quantitative estimate of drug-likeness (QED) is 0.529. The fourth-order valence-corrected chi connectivity index (χ4v) is 0.705. The Morgan fingerprint density at radius 3 is 1.92 bits per heavy atom. The van der Waals surface area contributed by atoms with E-state index in [0.717, 1.165) is 24.3 Å². The average Bonchev–Trinajstić information content (AvgIpc) is 2.03. The fourth-order valence-electron chi connectivity index (χ4n) is 0.705. The van der Waals surface area contributed by atoms with E-state index in [1.54, 1.807) is 0 Å². The van der Waals surface area contributed by atoms with Crippen molar-refractivity contribution in [3.63, 3.8) is 0 Å². The zero-order chi connectivity index (χ0) is 9.19. The van der Waals surface area contributed by atoms with Gasteiger partial charge >= 0.3 is 6.18 Å². The third-order valence-electron chi connectivity index (χ3n) is 1.29. The van der Waals surface area contributed by atoms with E-state index in [9.17, 15) is 13.2 Å². The van der Waals surface area contributed by atoms with E-state index in [0.29, 0.717) is 0 Å². The van der Waals surface area contributed by atoms with Crippen molar-refractivity contribution >= 4 is 0 Å². The third-order valence-corrected chi connectivity index (χ3v) is 1.29. The first-order valence-electron chi connectivity index (χ1n) is 3.03. The lowest BCUT2D eigenvalue weighted by Gasteiger charge is -2.05. The second kappa shape index (κ2) is 3.02. The zero-order valence-corrected chi connectivity index (χ0v) is 5.80. The second-order valence-electron chi connectivity index (χ2n) is 2.11. The van der Waals surface area contributed by atoms with Crippen molar-refractivity contribution in [1.29, 1.82) is 0 Å². The summed E-state index contributed by atoms with van der Waals surface area (Å²) < 4.78 is 35.8. The molecule has 0 radical (unpaired) electrons. The summed E-state index contributed by atoms with van der Waals surface area (Å²) in [5.74, 6) is -0.0250. The van der Waals surface area contributed by atoms with Gasteiger partial charge < -0.3 is 4.89 Å². The molecule has 0 saturated carbocycles. The molecule has 0 unspecified atom stereocenters. The Bertz CT molecular complexity index is 252. The van der Waals surface area contributed by atoms with Crippen molar-refractivity contribution in [2.45, 2.75) is 6.18 Å². The molecule has 0 bridgehead atoms. The molecule has 0 saturated heterocycles. The molecule has 0 atom stereocenters. The topological polar surface area (TPSA) is 29.5 Å². The maximum atomic E-state index is 11.9. The summed E-state index contributed by atoms with van der Waals surface area (Å²) in [6, 6.07) is 3.71. The zero-order valence-electron chi connectivity index (χ0n) is 5.80. The van der Waals surface area contributed by atoms with Crippen molar-refractivity contribution in [3.05, 3.63) is 29.8 Å². The molecule has 0 aliphatic heterocycles. The largest absolute Gasteiger partial charge is 0.416 e. The molecular weight excluding hydrogens is 173 g/mol. The summed E-state index contributed by atoms with van der Waals surface area (Å²) in [6.07, 6.45) is -4.35. The van der Waals surface area contributed by atoms with Gasteiger partial charge in [-0.25, -0.2) is 5.26 Å². The Labute approximate surface area is 66.1 Å². The van der Waals surface area contributed by atoms with E-state index in [2.05, 4.69) is 4.89 Å². The van der Waals surface area contributed by atoms with Gasteiger partial charge in [0.25, 0.3) is 0 Å². The monoisotopic (exact) mass is 178 g/mol. The van der Waals surface area contributed by atoms with Crippen LogP contribution in [0.3, 0.4) is 0 Å². The van der Waals surface area contributed by atoms with Gasteiger partial charge in [0, 0.05) is 0 Å². The fraction of sp³-hybridized carbons (Fsp3) is 0.143. The molecule has 0 fully saturated rings. The summed E-state index contributed by atoms with van der Waals surface area (Å²) in [7, 11) is 0. The van der Waals surface area contributed by atoms with Crippen LogP contribution >= 0.6 is 0 Å². The first-order chi connectivity index (χ1) is 5.54. The predicted octanol–water partition coefficient (Wildman–Crippen LogP) is 2.56. The minimum atomic E-state index is -4.35. The number of alkyl halides is 3. The highest BCUT2D eigenvalue weighted by Gasteiger charge is 2.29. The van der Waals surface area contributed by atoms with Crippen LogP contribution in [0, 0.1) is 0 Å². The van der Waals surface area contributed by atoms with Crippen LogP contribution in [-0.2, 0) is 6.18 Å². The molecular formula is C7H5F3O2. The van der Waals surface area contributed by atoms with Crippen molar-refractivity contribution in [2.24, 2.45) is 0 Å². The highest BCUT2D eigenvalue weighted by Crippen LogP contribution is 2.29. The molecule has 5 heteroatoms. The molecule has 0 aliphatic carbocycles. The van der Waals surface area contributed by atoms with Crippen molar-refractivity contribution in [2.75, 3.05) is 0 Å². The predicted molar refractivity (Wildman–Crippen MR) is 34.7 cm³/mol. The first-order valence-corrected chi connectivity index (χ1v) is 3.03. The Morgan fingerprint density at radius 2 is 1.58 bits per heavy atom. The number of halogens is 3. The molecule has 1 N–H and O–H groups in total. The molecule has 2 nitrogen and oxygen atoms in total. The summed E-state index contributed by atoms with van der Waals surface area (Å²) in [6.45, 7) is 0. The highest BCUT2D eigenvalue weighted by atomic mass is 19.4. The SMILES string of the molecule is OOc1ccc(C(F)(F)F)cc1. The molecule has 0 heterocycles. The molecule has 0 spiro atoms. The van der Waals surface area contributed by atoms with E-state index in [1.165, 1.54) is 0 Å². The molecule has 1 aromatic carbocycles. The van der Waals surface area contributed by atoms with Gasteiger partial charge in [0.1, 0.15) is 0 Å². The summed E-state index contributed by atoms with van der Waals surface area (Å²) in [5.41, 5.74) is -0.775. The van der Waals surface area contributed by atoms with E-state index in [1.807, 2.05) is 0 Å². The van der Waals surface area contributed by atoms with Crippen molar-refractivity contribution in [3.8, 4) is 5.75 Å². The Hall–Kier alpha value is -1.23. The number of hydrogen-bond acceptors (Lipinski definition) is 2. The van der Waals surface area contributed by atoms with Crippen molar-refractivity contribution in [1.82, 2.24) is 0 Å². The van der Waals surface area contributed by atoms with Crippen LogP contribution in [0.5, 0.6) is 5.75 Å². The molecule has 1 aromatic rings. The van der Waals surface area contributed by atoms with Crippen LogP contribution < -0.4 is 4.89 Å². The average molecular weight is 178 g/mol. The van der Waals surface area contributed by atoms with Crippen LogP contribution in [0.1, 0.15) is 5.56 Å². The van der Waals surface area contributed by atoms with Crippen LogP contribution in [0.4, 0.5) is 13.2 Å². The number of rotatable bonds is 1. The van der Waals surface area contributed by atoms with Crippen LogP contribution in [-0.4, -0.2) is 5.26 Å². The highest BCUT2D eigenvalue weighted by molar-refractivity contribution is 5.28. The summed E-state index contributed by atoms with van der Waals surface area (Å²) >= 11 is 0. The minimum Gasteiger partial charge on any atom is -0.340 e. The first kappa shape index (κ1) is 8.86. The lowest BCUT2D eigenvalue weighted by Crippen LogP contribution is -2.03. The Balaban J connectivity index is 2.93. The molecule has 0 amide bonds. The van der Waals surface area contributed by atoms with Gasteiger partial charge in [-0.3, -0.25) is 0 Å². The summed E-state index contributed by atoms with van der Waals surface area (Å²) in [5, 5.41) is 8.05. The van der Waals surface area contributed by atoms with Gasteiger partial charge in [-0.2, -0.15) is 13.2 Å². The van der Waals surface area contributed by atoms with Crippen molar-refractivity contribution < 1.29 is 23.3 Å². The lowest BCUT2D eigenvalue weighted by molar-refractivity contribution is -0.140. The summed E-state index contributed by atoms with van der Waals surface area (Å²) in [4.78, 5) is 3.71. The van der Waals surface area contributed by atoms with E-state index >= 15 is 0 Å². The number of hydrogen-bond donors (Lipinski definition) is 1. The van der Waals surface area contributed by atoms with Gasteiger partial charge in [0.2, 0.25) is 0 Å². The van der Waals surface area contributed by atoms with E-state index < -0.39 is 11.7 Å². The molecule has 66 valence electrons. The third kappa shape index (κ3) is 1.88. The maximum Gasteiger partial charge on any atom is 0.416 e. The lowest BCUT2D eigenvalue weighted by atomic mass is 10.2. The normalized spacial score (nSPS) is 11.3.